The van der Waals surface area contributed by atoms with Gasteiger partial charge >= 0.3 is 0 Å². The second kappa shape index (κ2) is 4.16. The smallest absolute Gasteiger partial charge is 0.201 e. The zero-order chi connectivity index (χ0) is 12.8. The first kappa shape index (κ1) is 11.8. The van der Waals surface area contributed by atoms with Gasteiger partial charge in [-0.25, -0.2) is 9.37 Å². The summed E-state index contributed by atoms with van der Waals surface area (Å²) >= 11 is 1.88. The van der Waals surface area contributed by atoms with Gasteiger partial charge in [0.15, 0.2) is 5.82 Å². The quantitative estimate of drug-likeness (QED) is 0.927. The number of aromatic nitrogens is 2. The summed E-state index contributed by atoms with van der Waals surface area (Å²) in [7, 11) is 0. The monoisotopic (exact) mass is 265 g/mol. The first-order chi connectivity index (χ1) is 8.65. The van der Waals surface area contributed by atoms with Crippen molar-refractivity contribution in [1.82, 2.24) is 9.55 Å². The molecule has 2 aromatic rings. The highest BCUT2D eigenvalue weighted by Crippen LogP contribution is 2.45. The number of para-hydroxylation sites is 1. The van der Waals surface area contributed by atoms with Crippen molar-refractivity contribution in [3.8, 4) is 0 Å². The van der Waals surface area contributed by atoms with E-state index in [2.05, 4.69) is 11.2 Å². The Labute approximate surface area is 110 Å². The van der Waals surface area contributed by atoms with E-state index < -0.39 is 0 Å². The topological polar surface area (TPSA) is 43.8 Å². The van der Waals surface area contributed by atoms with Crippen LogP contribution in [-0.2, 0) is 6.54 Å². The number of halogens is 1. The lowest BCUT2D eigenvalue weighted by Gasteiger charge is -2.40. The predicted molar refractivity (Wildman–Crippen MR) is 74.2 cm³/mol. The van der Waals surface area contributed by atoms with Gasteiger partial charge in [-0.05, 0) is 31.2 Å². The van der Waals surface area contributed by atoms with Crippen molar-refractivity contribution in [2.75, 3.05) is 12.0 Å². The third kappa shape index (κ3) is 1.68. The number of anilines is 1. The molecule has 18 heavy (non-hydrogen) atoms. The number of thioether (sulfide) groups is 1. The molecule has 1 aliphatic carbocycles. The summed E-state index contributed by atoms with van der Waals surface area (Å²) in [6.45, 7) is 0.819. The van der Waals surface area contributed by atoms with E-state index in [1.807, 2.05) is 22.4 Å². The predicted octanol–water partition coefficient (Wildman–Crippen LogP) is 3.04. The number of hydrogen-bond acceptors (Lipinski definition) is 3. The lowest BCUT2D eigenvalue weighted by molar-refractivity contribution is 0.326. The van der Waals surface area contributed by atoms with Gasteiger partial charge in [0, 0.05) is 11.3 Å². The lowest BCUT2D eigenvalue weighted by atomic mass is 9.84. The summed E-state index contributed by atoms with van der Waals surface area (Å²) in [6.07, 6.45) is 5.79. The first-order valence-electron chi connectivity index (χ1n) is 6.11. The second-order valence-corrected chi connectivity index (χ2v) is 6.18. The highest BCUT2D eigenvalue weighted by molar-refractivity contribution is 8.00. The lowest BCUT2D eigenvalue weighted by Crippen LogP contribution is -2.38. The number of imidazole rings is 1. The molecule has 1 aromatic carbocycles. The third-order valence-corrected chi connectivity index (χ3v) is 5.31. The molecule has 5 heteroatoms. The Kier molecular flexibility index (Phi) is 2.73. The number of hydrogen-bond donors (Lipinski definition) is 1. The fourth-order valence-electron chi connectivity index (χ4n) is 2.58. The molecule has 3 nitrogen and oxygen atoms in total. The fraction of sp³-hybridized carbons (Fsp3) is 0.462. The molecule has 96 valence electrons. The largest absolute Gasteiger partial charge is 0.369 e. The van der Waals surface area contributed by atoms with Crippen LogP contribution in [0.1, 0.15) is 19.3 Å². The van der Waals surface area contributed by atoms with Crippen LogP contribution in [0.4, 0.5) is 10.3 Å². The summed E-state index contributed by atoms with van der Waals surface area (Å²) in [5.41, 5.74) is 7.12. The van der Waals surface area contributed by atoms with Crippen LogP contribution >= 0.6 is 11.8 Å². The van der Waals surface area contributed by atoms with Gasteiger partial charge in [0.05, 0.1) is 5.52 Å². The molecular weight excluding hydrogens is 249 g/mol. The van der Waals surface area contributed by atoms with Crippen molar-refractivity contribution in [2.45, 2.75) is 30.6 Å². The Morgan fingerprint density at radius 1 is 1.50 bits per heavy atom. The highest BCUT2D eigenvalue weighted by Gasteiger charge is 2.37. The molecule has 0 saturated heterocycles. The molecule has 3 rings (SSSR count). The third-order valence-electron chi connectivity index (χ3n) is 3.90. The molecule has 0 spiro atoms. The van der Waals surface area contributed by atoms with E-state index in [-0.39, 0.29) is 10.6 Å². The molecule has 1 fully saturated rings. The molecule has 0 atom stereocenters. The van der Waals surface area contributed by atoms with Crippen LogP contribution in [0.25, 0.3) is 11.0 Å². The SMILES string of the molecule is CSC1(Cn2c(N)nc3c(F)cccc32)CCC1. The molecule has 2 N–H and O–H groups in total. The van der Waals surface area contributed by atoms with Crippen molar-refractivity contribution < 1.29 is 4.39 Å². The molecular formula is C13H16FN3S. The summed E-state index contributed by atoms with van der Waals surface area (Å²) in [4.78, 5) is 4.15. The summed E-state index contributed by atoms with van der Waals surface area (Å²) in [5.74, 6) is 0.111. The van der Waals surface area contributed by atoms with Crippen LogP contribution in [-0.4, -0.2) is 20.6 Å². The zero-order valence-electron chi connectivity index (χ0n) is 10.3. The Balaban J connectivity index is 2.06. The minimum absolute atomic E-state index is 0.258. The number of rotatable bonds is 3. The number of nitrogens with zero attached hydrogens (tertiary/aromatic N) is 2. The van der Waals surface area contributed by atoms with Crippen molar-refractivity contribution >= 4 is 28.7 Å². The number of nitrogens with two attached hydrogens (primary N) is 1. The Bertz CT molecular complexity index is 584. The van der Waals surface area contributed by atoms with E-state index in [9.17, 15) is 4.39 Å². The van der Waals surface area contributed by atoms with E-state index in [1.54, 1.807) is 6.07 Å². The average molecular weight is 265 g/mol. The van der Waals surface area contributed by atoms with Gasteiger partial charge < -0.3 is 10.3 Å². The second-order valence-electron chi connectivity index (χ2n) is 4.90. The molecule has 0 unspecified atom stereocenters. The van der Waals surface area contributed by atoms with E-state index in [0.29, 0.717) is 11.5 Å². The van der Waals surface area contributed by atoms with Crippen molar-refractivity contribution in [1.29, 1.82) is 0 Å². The minimum Gasteiger partial charge on any atom is -0.369 e. The molecule has 1 aliphatic rings. The van der Waals surface area contributed by atoms with Gasteiger partial charge in [0.25, 0.3) is 0 Å². The van der Waals surface area contributed by atoms with Gasteiger partial charge in [-0.1, -0.05) is 12.5 Å². The molecule has 0 amide bonds. The molecule has 1 heterocycles. The van der Waals surface area contributed by atoms with Crippen LogP contribution < -0.4 is 5.73 Å². The van der Waals surface area contributed by atoms with Crippen molar-refractivity contribution in [2.24, 2.45) is 0 Å². The summed E-state index contributed by atoms with van der Waals surface area (Å²) in [6, 6.07) is 5.02. The van der Waals surface area contributed by atoms with E-state index in [1.165, 1.54) is 25.3 Å². The maximum atomic E-state index is 13.7. The Morgan fingerprint density at radius 2 is 2.28 bits per heavy atom. The Hall–Kier alpha value is -1.23. The van der Waals surface area contributed by atoms with Crippen LogP contribution in [0, 0.1) is 5.82 Å². The normalized spacial score (nSPS) is 17.9. The molecule has 0 bridgehead atoms. The van der Waals surface area contributed by atoms with Gasteiger partial charge in [-0.2, -0.15) is 11.8 Å². The van der Waals surface area contributed by atoms with E-state index >= 15 is 0 Å². The van der Waals surface area contributed by atoms with Crippen LogP contribution in [0.5, 0.6) is 0 Å². The molecule has 1 saturated carbocycles. The zero-order valence-corrected chi connectivity index (χ0v) is 11.1. The summed E-state index contributed by atoms with van der Waals surface area (Å²) in [5, 5.41) is 0. The van der Waals surface area contributed by atoms with Crippen LogP contribution in [0.3, 0.4) is 0 Å². The number of nitrogen functional groups attached to an aromatic ring is 1. The van der Waals surface area contributed by atoms with E-state index in [0.717, 1.165) is 12.1 Å². The minimum atomic E-state index is -0.301. The fourth-order valence-corrected chi connectivity index (χ4v) is 3.54. The maximum Gasteiger partial charge on any atom is 0.201 e. The molecule has 1 aromatic heterocycles. The number of benzene rings is 1. The van der Waals surface area contributed by atoms with Crippen LogP contribution in [0.2, 0.25) is 0 Å². The average Bonchev–Trinajstić information content (AvgIpc) is 2.62. The Morgan fingerprint density at radius 3 is 2.89 bits per heavy atom. The molecule has 0 aliphatic heterocycles. The van der Waals surface area contributed by atoms with Crippen molar-refractivity contribution in [3.63, 3.8) is 0 Å². The van der Waals surface area contributed by atoms with Crippen molar-refractivity contribution in [3.05, 3.63) is 24.0 Å². The first-order valence-corrected chi connectivity index (χ1v) is 7.33. The van der Waals surface area contributed by atoms with Gasteiger partial charge in [-0.15, -0.1) is 0 Å². The summed E-state index contributed by atoms with van der Waals surface area (Å²) < 4.78 is 15.9. The van der Waals surface area contributed by atoms with E-state index in [4.69, 9.17) is 5.73 Å². The number of fused-ring (bicyclic) bond motifs is 1. The highest BCUT2D eigenvalue weighted by atomic mass is 32.2. The van der Waals surface area contributed by atoms with Gasteiger partial charge in [-0.3, -0.25) is 0 Å². The maximum absolute atomic E-state index is 13.7. The van der Waals surface area contributed by atoms with Crippen LogP contribution in [0.15, 0.2) is 18.2 Å². The molecule has 0 radical (unpaired) electrons. The van der Waals surface area contributed by atoms with Gasteiger partial charge in [0.2, 0.25) is 5.95 Å². The standard InChI is InChI=1S/C13H16FN3S/c1-18-13(6-3-7-13)8-17-10-5-2-4-9(14)11(10)16-12(17)15/h2,4-5H,3,6-8H2,1H3,(H2,15,16). The van der Waals surface area contributed by atoms with Gasteiger partial charge in [0.1, 0.15) is 5.52 Å².